The molecule has 0 spiro atoms. The lowest BCUT2D eigenvalue weighted by Crippen LogP contribution is -2.52. The first-order valence-corrected chi connectivity index (χ1v) is 13.9. The Morgan fingerprint density at radius 2 is 1.74 bits per heavy atom. The molecular weight excluding hydrogens is 486 g/mol. The van der Waals surface area contributed by atoms with Gasteiger partial charge in [-0.1, -0.05) is 68.3 Å². The Morgan fingerprint density at radius 3 is 2.31 bits per heavy atom. The lowest BCUT2D eigenvalue weighted by molar-refractivity contribution is -0.140. The molecule has 0 aliphatic carbocycles. The number of sulfonamides is 1. The maximum atomic E-state index is 13.7. The van der Waals surface area contributed by atoms with Gasteiger partial charge in [0.2, 0.25) is 21.8 Å². The number of carbonyl (C=O) groups excluding carboxylic acids is 2. The summed E-state index contributed by atoms with van der Waals surface area (Å²) in [6, 6.07) is 11.9. The number of hydrogen-bond donors (Lipinski definition) is 1. The number of halogens is 1. The molecule has 1 N–H and O–H groups in total. The summed E-state index contributed by atoms with van der Waals surface area (Å²) < 4.78 is 26.5. The third-order valence-corrected chi connectivity index (χ3v) is 7.23. The van der Waals surface area contributed by atoms with Crippen LogP contribution >= 0.6 is 11.6 Å². The van der Waals surface area contributed by atoms with Crippen LogP contribution in [0.2, 0.25) is 5.02 Å². The van der Waals surface area contributed by atoms with Crippen LogP contribution < -0.4 is 9.62 Å². The topological polar surface area (TPSA) is 86.8 Å². The van der Waals surface area contributed by atoms with Gasteiger partial charge in [0.25, 0.3) is 0 Å². The van der Waals surface area contributed by atoms with Crippen molar-refractivity contribution in [2.24, 2.45) is 5.92 Å². The van der Waals surface area contributed by atoms with Crippen LogP contribution in [0.25, 0.3) is 0 Å². The van der Waals surface area contributed by atoms with Crippen LogP contribution in [0.1, 0.15) is 43.9 Å². The number of rotatable bonds is 11. The van der Waals surface area contributed by atoms with Crippen molar-refractivity contribution in [1.82, 2.24) is 10.2 Å². The van der Waals surface area contributed by atoms with Crippen molar-refractivity contribution < 1.29 is 18.0 Å². The Bertz CT molecular complexity index is 1150. The zero-order valence-corrected chi connectivity index (χ0v) is 22.9. The second-order valence-corrected chi connectivity index (χ2v) is 11.5. The summed E-state index contributed by atoms with van der Waals surface area (Å²) in [4.78, 5) is 28.3. The molecule has 2 amide bonds. The van der Waals surface area contributed by atoms with E-state index in [-0.39, 0.29) is 18.4 Å². The highest BCUT2D eigenvalue weighted by atomic mass is 35.5. The Labute approximate surface area is 214 Å². The first kappa shape index (κ1) is 28.7. The van der Waals surface area contributed by atoms with E-state index in [9.17, 15) is 18.0 Å². The number of amides is 2. The maximum absolute atomic E-state index is 13.7. The first-order valence-electron chi connectivity index (χ1n) is 11.7. The highest BCUT2D eigenvalue weighted by Crippen LogP contribution is 2.28. The summed E-state index contributed by atoms with van der Waals surface area (Å²) in [5.41, 5.74) is 2.78. The van der Waals surface area contributed by atoms with Crippen molar-refractivity contribution >= 4 is 39.1 Å². The first-order chi connectivity index (χ1) is 16.3. The third-order valence-electron chi connectivity index (χ3n) is 5.69. The maximum Gasteiger partial charge on any atom is 0.244 e. The summed E-state index contributed by atoms with van der Waals surface area (Å²) in [5, 5.41) is 3.32. The Morgan fingerprint density at radius 1 is 1.09 bits per heavy atom. The summed E-state index contributed by atoms with van der Waals surface area (Å²) in [6.45, 7) is 9.71. The normalized spacial score (nSPS) is 12.3. The van der Waals surface area contributed by atoms with Gasteiger partial charge < -0.3 is 10.2 Å². The molecule has 0 bridgehead atoms. The molecule has 0 heterocycles. The third kappa shape index (κ3) is 7.97. The van der Waals surface area contributed by atoms with Crippen LogP contribution in [0.3, 0.4) is 0 Å². The number of benzene rings is 2. The summed E-state index contributed by atoms with van der Waals surface area (Å²) in [7, 11) is -3.81. The Kier molecular flexibility index (Phi) is 10.2. The van der Waals surface area contributed by atoms with E-state index in [0.717, 1.165) is 21.7 Å². The fourth-order valence-corrected chi connectivity index (χ4v) is 4.88. The number of nitrogens with zero attached hydrogens (tertiary/aromatic N) is 2. The Hall–Kier alpha value is -2.58. The van der Waals surface area contributed by atoms with Gasteiger partial charge in [0, 0.05) is 18.1 Å². The van der Waals surface area contributed by atoms with Crippen LogP contribution in [0, 0.1) is 19.8 Å². The van der Waals surface area contributed by atoms with Gasteiger partial charge in [-0.25, -0.2) is 8.42 Å². The van der Waals surface area contributed by atoms with E-state index < -0.39 is 28.5 Å². The second-order valence-electron chi connectivity index (χ2n) is 9.23. The summed E-state index contributed by atoms with van der Waals surface area (Å²) in [6.07, 6.45) is 1.44. The predicted molar refractivity (Wildman–Crippen MR) is 142 cm³/mol. The lowest BCUT2D eigenvalue weighted by Gasteiger charge is -2.33. The second kappa shape index (κ2) is 12.4. The fraction of sp³-hybridized carbons (Fsp3) is 0.462. The molecule has 0 saturated heterocycles. The minimum atomic E-state index is -3.81. The minimum Gasteiger partial charge on any atom is -0.354 e. The Balaban J connectivity index is 2.47. The standard InChI is InChI=1S/C26H36ClN3O4S/c1-7-23(26(32)28-15-18(2)3)29(16-21-11-8-10-19(4)14-21)25(31)17-30(35(6,33)34)24-13-9-12-22(27)20(24)5/h8-14,18,23H,7,15-17H2,1-6H3,(H,28,32)/t23-/m0/s1. The largest absolute Gasteiger partial charge is 0.354 e. The van der Waals surface area contributed by atoms with Crippen molar-refractivity contribution in [3.8, 4) is 0 Å². The lowest BCUT2D eigenvalue weighted by atomic mass is 10.1. The predicted octanol–water partition coefficient (Wildman–Crippen LogP) is 4.30. The molecular formula is C26H36ClN3O4S. The highest BCUT2D eigenvalue weighted by molar-refractivity contribution is 7.92. The molecule has 9 heteroatoms. The molecule has 0 saturated carbocycles. The van der Waals surface area contributed by atoms with Gasteiger partial charge >= 0.3 is 0 Å². The molecule has 0 fully saturated rings. The molecule has 192 valence electrons. The van der Waals surface area contributed by atoms with Gasteiger partial charge in [0.05, 0.1) is 11.9 Å². The quantitative estimate of drug-likeness (QED) is 0.477. The molecule has 0 aromatic heterocycles. The monoisotopic (exact) mass is 521 g/mol. The zero-order chi connectivity index (χ0) is 26.3. The summed E-state index contributed by atoms with van der Waals surface area (Å²) >= 11 is 6.23. The van der Waals surface area contributed by atoms with Crippen LogP contribution in [0.5, 0.6) is 0 Å². The van der Waals surface area contributed by atoms with Crippen LogP contribution in [-0.2, 0) is 26.2 Å². The molecule has 0 aliphatic heterocycles. The molecule has 1 atom stereocenters. The van der Waals surface area contributed by atoms with Gasteiger partial charge in [0.15, 0.2) is 0 Å². The zero-order valence-electron chi connectivity index (χ0n) is 21.3. The number of hydrogen-bond acceptors (Lipinski definition) is 4. The SMILES string of the molecule is CC[C@@H](C(=O)NCC(C)C)N(Cc1cccc(C)c1)C(=O)CN(c1cccc(Cl)c1C)S(C)(=O)=O. The molecule has 0 radical (unpaired) electrons. The van der Waals surface area contributed by atoms with Crippen LogP contribution in [0.15, 0.2) is 42.5 Å². The average Bonchev–Trinajstić information content (AvgIpc) is 2.77. The van der Waals surface area contributed by atoms with Crippen LogP contribution in [0.4, 0.5) is 5.69 Å². The number of aryl methyl sites for hydroxylation is 1. The fourth-order valence-electron chi connectivity index (χ4n) is 3.81. The molecule has 2 aromatic carbocycles. The van der Waals surface area contributed by atoms with Crippen molar-refractivity contribution in [1.29, 1.82) is 0 Å². The average molecular weight is 522 g/mol. The van der Waals surface area contributed by atoms with Gasteiger partial charge in [0.1, 0.15) is 12.6 Å². The highest BCUT2D eigenvalue weighted by Gasteiger charge is 2.32. The van der Waals surface area contributed by atoms with Crippen molar-refractivity contribution in [3.05, 3.63) is 64.2 Å². The molecule has 35 heavy (non-hydrogen) atoms. The minimum absolute atomic E-state index is 0.181. The van der Waals surface area contributed by atoms with Gasteiger partial charge in [-0.15, -0.1) is 0 Å². The summed E-state index contributed by atoms with van der Waals surface area (Å²) in [5.74, 6) is -0.473. The van der Waals surface area contributed by atoms with Gasteiger partial charge in [-0.05, 0) is 49.4 Å². The van der Waals surface area contributed by atoms with Crippen molar-refractivity contribution in [2.75, 3.05) is 23.7 Å². The van der Waals surface area contributed by atoms with Gasteiger partial charge in [-0.2, -0.15) is 0 Å². The van der Waals surface area contributed by atoms with Crippen molar-refractivity contribution in [2.45, 2.75) is 53.6 Å². The van der Waals surface area contributed by atoms with Crippen molar-refractivity contribution in [3.63, 3.8) is 0 Å². The smallest absolute Gasteiger partial charge is 0.244 e. The van der Waals surface area contributed by atoms with Gasteiger partial charge in [-0.3, -0.25) is 13.9 Å². The number of carbonyl (C=O) groups is 2. The van der Waals surface area contributed by atoms with E-state index in [2.05, 4.69) is 5.32 Å². The van der Waals surface area contributed by atoms with E-state index in [1.807, 2.05) is 52.0 Å². The van der Waals surface area contributed by atoms with E-state index in [0.29, 0.717) is 29.2 Å². The molecule has 2 aromatic rings. The number of anilines is 1. The van der Waals surface area contributed by atoms with E-state index >= 15 is 0 Å². The molecule has 0 aliphatic rings. The van der Waals surface area contributed by atoms with E-state index in [4.69, 9.17) is 11.6 Å². The molecule has 7 nitrogen and oxygen atoms in total. The van der Waals surface area contributed by atoms with Crippen LogP contribution in [-0.4, -0.2) is 50.5 Å². The molecule has 2 rings (SSSR count). The number of nitrogens with one attached hydrogen (secondary N) is 1. The van der Waals surface area contributed by atoms with E-state index in [1.54, 1.807) is 25.1 Å². The molecule has 0 unspecified atom stereocenters. The van der Waals surface area contributed by atoms with E-state index in [1.165, 1.54) is 4.90 Å².